The molecule has 0 saturated heterocycles. The summed E-state index contributed by atoms with van der Waals surface area (Å²) in [7, 11) is 0. The molecule has 0 atom stereocenters. The van der Waals surface area contributed by atoms with Crippen molar-refractivity contribution in [1.82, 2.24) is 0 Å². The Morgan fingerprint density at radius 3 is 2.00 bits per heavy atom. The van der Waals surface area contributed by atoms with Gasteiger partial charge in [-0.1, -0.05) is 6.07 Å². The van der Waals surface area contributed by atoms with E-state index in [-0.39, 0.29) is 4.47 Å². The van der Waals surface area contributed by atoms with Gasteiger partial charge in [-0.25, -0.2) is 17.6 Å². The summed E-state index contributed by atoms with van der Waals surface area (Å²) < 4.78 is 54.1. The van der Waals surface area contributed by atoms with Crippen LogP contribution in [0.25, 0.3) is 0 Å². The lowest BCUT2D eigenvalue weighted by atomic mass is 10.0. The van der Waals surface area contributed by atoms with Crippen LogP contribution < -0.4 is 0 Å². The predicted octanol–water partition coefficient (Wildman–Crippen LogP) is 4.36. The van der Waals surface area contributed by atoms with Crippen molar-refractivity contribution < 1.29 is 22.4 Å². The quantitative estimate of drug-likeness (QED) is 0.584. The molecule has 0 amide bonds. The molecular formula is C15H9BrF4O. The number of hydrogen-bond acceptors (Lipinski definition) is 1. The molecule has 0 aliphatic carbocycles. The van der Waals surface area contributed by atoms with Crippen molar-refractivity contribution in [1.29, 1.82) is 0 Å². The maximum Gasteiger partial charge on any atom is 0.143 e. The monoisotopic (exact) mass is 360 g/mol. The third kappa shape index (κ3) is 3.50. The molecular weight excluding hydrogens is 352 g/mol. The molecule has 0 aliphatic rings. The highest BCUT2D eigenvalue weighted by Gasteiger charge is 2.18. The maximum absolute atomic E-state index is 13.7. The standard InChI is InChI=1S/C15H9BrF4O/c16-11-4-5-14(19)10(15(11)20)7-8(21)6-9-12(17)2-1-3-13(9)18/h1-5H,6-7H2. The van der Waals surface area contributed by atoms with Crippen LogP contribution in [0.1, 0.15) is 11.1 Å². The Morgan fingerprint density at radius 1 is 0.857 bits per heavy atom. The lowest BCUT2D eigenvalue weighted by molar-refractivity contribution is -0.118. The lowest BCUT2D eigenvalue weighted by Gasteiger charge is -2.07. The summed E-state index contributed by atoms with van der Waals surface area (Å²) in [6.07, 6.45) is -1.14. The second kappa shape index (κ2) is 6.39. The molecule has 110 valence electrons. The zero-order valence-corrected chi connectivity index (χ0v) is 12.2. The molecule has 0 fully saturated rings. The maximum atomic E-state index is 13.7. The zero-order chi connectivity index (χ0) is 15.6. The average Bonchev–Trinajstić information content (AvgIpc) is 2.43. The van der Waals surface area contributed by atoms with Gasteiger partial charge in [0.15, 0.2) is 0 Å². The number of halogens is 5. The molecule has 0 aromatic heterocycles. The number of Topliss-reactive ketones (excluding diaryl/α,β-unsaturated/α-hetero) is 1. The predicted molar refractivity (Wildman–Crippen MR) is 72.8 cm³/mol. The molecule has 0 heterocycles. The Hall–Kier alpha value is -1.69. The average molecular weight is 361 g/mol. The van der Waals surface area contributed by atoms with Gasteiger partial charge in [-0.15, -0.1) is 0 Å². The van der Waals surface area contributed by atoms with E-state index in [1.165, 1.54) is 12.1 Å². The van der Waals surface area contributed by atoms with E-state index in [2.05, 4.69) is 15.9 Å². The van der Waals surface area contributed by atoms with Crippen molar-refractivity contribution in [2.75, 3.05) is 0 Å². The smallest absolute Gasteiger partial charge is 0.143 e. The van der Waals surface area contributed by atoms with Gasteiger partial charge in [-0.2, -0.15) is 0 Å². The molecule has 2 aromatic carbocycles. The minimum atomic E-state index is -0.891. The van der Waals surface area contributed by atoms with Gasteiger partial charge in [0.2, 0.25) is 0 Å². The first kappa shape index (κ1) is 15.7. The van der Waals surface area contributed by atoms with E-state index in [1.54, 1.807) is 0 Å². The fourth-order valence-corrected chi connectivity index (χ4v) is 2.26. The molecule has 0 aliphatic heterocycles. The van der Waals surface area contributed by atoms with E-state index in [0.29, 0.717) is 0 Å². The van der Waals surface area contributed by atoms with Crippen LogP contribution in [-0.4, -0.2) is 5.78 Å². The third-order valence-electron chi connectivity index (χ3n) is 2.95. The van der Waals surface area contributed by atoms with E-state index in [9.17, 15) is 22.4 Å². The van der Waals surface area contributed by atoms with Crippen LogP contribution in [0.15, 0.2) is 34.8 Å². The normalized spacial score (nSPS) is 10.7. The van der Waals surface area contributed by atoms with Gasteiger partial charge in [0.25, 0.3) is 0 Å². The molecule has 0 spiro atoms. The lowest BCUT2D eigenvalue weighted by Crippen LogP contribution is -2.12. The van der Waals surface area contributed by atoms with Gasteiger partial charge in [0.05, 0.1) is 4.47 Å². The van der Waals surface area contributed by atoms with Crippen LogP contribution in [0.5, 0.6) is 0 Å². The summed E-state index contributed by atoms with van der Waals surface area (Å²) >= 11 is 2.89. The highest BCUT2D eigenvalue weighted by molar-refractivity contribution is 9.10. The topological polar surface area (TPSA) is 17.1 Å². The molecule has 0 radical (unpaired) electrons. The number of carbonyl (C=O) groups excluding carboxylic acids is 1. The Morgan fingerprint density at radius 2 is 1.38 bits per heavy atom. The second-order valence-electron chi connectivity index (χ2n) is 4.41. The van der Waals surface area contributed by atoms with Crippen molar-refractivity contribution in [3.63, 3.8) is 0 Å². The van der Waals surface area contributed by atoms with Crippen molar-refractivity contribution in [3.05, 3.63) is 69.2 Å². The molecule has 0 saturated carbocycles. The van der Waals surface area contributed by atoms with Gasteiger partial charge < -0.3 is 0 Å². The van der Waals surface area contributed by atoms with Crippen molar-refractivity contribution in [2.24, 2.45) is 0 Å². The van der Waals surface area contributed by atoms with Crippen molar-refractivity contribution in [3.8, 4) is 0 Å². The molecule has 2 aromatic rings. The first-order valence-corrected chi connectivity index (χ1v) is 6.76. The summed E-state index contributed by atoms with van der Waals surface area (Å²) in [6.45, 7) is 0. The summed E-state index contributed by atoms with van der Waals surface area (Å²) in [5, 5.41) is 0. The summed E-state index contributed by atoms with van der Waals surface area (Å²) in [4.78, 5) is 11.8. The largest absolute Gasteiger partial charge is 0.299 e. The minimum absolute atomic E-state index is 0.0174. The summed E-state index contributed by atoms with van der Waals surface area (Å²) in [5.74, 6) is -4.18. The summed E-state index contributed by atoms with van der Waals surface area (Å²) in [6, 6.07) is 5.40. The first-order chi connectivity index (χ1) is 9.90. The number of rotatable bonds is 4. The van der Waals surface area contributed by atoms with Crippen LogP contribution in [0.2, 0.25) is 0 Å². The number of ketones is 1. The van der Waals surface area contributed by atoms with E-state index in [4.69, 9.17) is 0 Å². The van der Waals surface area contributed by atoms with Crippen LogP contribution in [0.3, 0.4) is 0 Å². The molecule has 6 heteroatoms. The van der Waals surface area contributed by atoms with Crippen LogP contribution >= 0.6 is 15.9 Å². The minimum Gasteiger partial charge on any atom is -0.299 e. The Balaban J connectivity index is 2.22. The Labute approximate surface area is 126 Å². The number of hydrogen-bond donors (Lipinski definition) is 0. The third-order valence-corrected chi connectivity index (χ3v) is 3.56. The second-order valence-corrected chi connectivity index (χ2v) is 5.27. The first-order valence-electron chi connectivity index (χ1n) is 5.97. The molecule has 2 rings (SSSR count). The molecule has 0 N–H and O–H groups in total. The van der Waals surface area contributed by atoms with E-state index in [1.807, 2.05) is 0 Å². The van der Waals surface area contributed by atoms with Crippen LogP contribution in [-0.2, 0) is 17.6 Å². The van der Waals surface area contributed by atoms with Gasteiger partial charge >= 0.3 is 0 Å². The Bertz CT molecular complexity index is 680. The molecule has 1 nitrogen and oxygen atoms in total. The van der Waals surface area contributed by atoms with Crippen molar-refractivity contribution in [2.45, 2.75) is 12.8 Å². The number of benzene rings is 2. The van der Waals surface area contributed by atoms with Crippen molar-refractivity contribution >= 4 is 21.7 Å². The molecule has 0 unspecified atom stereocenters. The van der Waals surface area contributed by atoms with E-state index in [0.717, 1.165) is 18.2 Å². The van der Waals surface area contributed by atoms with Gasteiger partial charge in [-0.3, -0.25) is 4.79 Å². The fourth-order valence-electron chi connectivity index (χ4n) is 1.89. The highest BCUT2D eigenvalue weighted by atomic mass is 79.9. The summed E-state index contributed by atoms with van der Waals surface area (Å²) in [5.41, 5.74) is -0.829. The van der Waals surface area contributed by atoms with Gasteiger partial charge in [0.1, 0.15) is 29.1 Å². The van der Waals surface area contributed by atoms with Gasteiger partial charge in [0, 0.05) is 24.0 Å². The molecule has 21 heavy (non-hydrogen) atoms. The van der Waals surface area contributed by atoms with Crippen LogP contribution in [0.4, 0.5) is 17.6 Å². The highest BCUT2D eigenvalue weighted by Crippen LogP contribution is 2.23. The fraction of sp³-hybridized carbons (Fsp3) is 0.133. The van der Waals surface area contributed by atoms with E-state index >= 15 is 0 Å². The number of carbonyl (C=O) groups is 1. The Kier molecular flexibility index (Phi) is 4.77. The zero-order valence-electron chi connectivity index (χ0n) is 10.6. The SMILES string of the molecule is O=C(Cc1c(F)cccc1F)Cc1c(F)ccc(Br)c1F. The van der Waals surface area contributed by atoms with Crippen LogP contribution in [0, 0.1) is 23.3 Å². The molecule has 0 bridgehead atoms. The van der Waals surface area contributed by atoms with Gasteiger partial charge in [-0.05, 0) is 40.2 Å². The van der Waals surface area contributed by atoms with E-state index < -0.39 is 53.0 Å².